The van der Waals surface area contributed by atoms with Crippen LogP contribution in [-0.2, 0) is 9.59 Å². The van der Waals surface area contributed by atoms with E-state index in [1.807, 2.05) is 0 Å². The largest absolute Gasteiger partial charge is 0.343 e. The Morgan fingerprint density at radius 1 is 1.32 bits per heavy atom. The number of para-hydroxylation sites is 1. The molecule has 1 atom stereocenters. The van der Waals surface area contributed by atoms with E-state index in [0.29, 0.717) is 19.3 Å². The Kier molecular flexibility index (Phi) is 4.39. The molecule has 1 saturated carbocycles. The van der Waals surface area contributed by atoms with Gasteiger partial charge in [-0.1, -0.05) is 6.07 Å². The van der Waals surface area contributed by atoms with Crippen molar-refractivity contribution >= 4 is 29.9 Å². The fraction of sp³-hybridized carbons (Fsp3) is 0.429. The lowest BCUT2D eigenvalue weighted by Crippen LogP contribution is -2.49. The molecule has 22 heavy (non-hydrogen) atoms. The first kappa shape index (κ1) is 16.6. The molecular formula is C14H16ClF2N3O2. The number of hydrogen-bond donors (Lipinski definition) is 2. The molecule has 3 N–H and O–H groups in total. The van der Waals surface area contributed by atoms with Gasteiger partial charge in [-0.3, -0.25) is 9.59 Å². The number of anilines is 1. The molecular weight excluding hydrogens is 316 g/mol. The van der Waals surface area contributed by atoms with Gasteiger partial charge in [0.25, 0.3) is 0 Å². The van der Waals surface area contributed by atoms with Crippen molar-refractivity contribution < 1.29 is 18.4 Å². The summed E-state index contributed by atoms with van der Waals surface area (Å²) in [4.78, 5) is 25.1. The van der Waals surface area contributed by atoms with Crippen molar-refractivity contribution in [3.8, 4) is 0 Å². The first-order valence-electron chi connectivity index (χ1n) is 6.78. The van der Waals surface area contributed by atoms with Gasteiger partial charge in [0.15, 0.2) is 0 Å². The first-order valence-corrected chi connectivity index (χ1v) is 6.78. The van der Waals surface area contributed by atoms with Crippen LogP contribution in [-0.4, -0.2) is 29.9 Å². The molecule has 2 fully saturated rings. The van der Waals surface area contributed by atoms with E-state index < -0.39 is 29.1 Å². The minimum absolute atomic E-state index is 0. The summed E-state index contributed by atoms with van der Waals surface area (Å²) in [5.74, 6) is -2.49. The minimum atomic E-state index is -0.878. The number of nitrogens with two attached hydrogens (primary N) is 1. The van der Waals surface area contributed by atoms with Crippen LogP contribution in [0, 0.1) is 11.6 Å². The summed E-state index contributed by atoms with van der Waals surface area (Å²) < 4.78 is 27.4. The number of hydrogen-bond acceptors (Lipinski definition) is 3. The highest BCUT2D eigenvalue weighted by Crippen LogP contribution is 2.33. The van der Waals surface area contributed by atoms with Crippen LogP contribution in [0.5, 0.6) is 0 Å². The van der Waals surface area contributed by atoms with Crippen LogP contribution < -0.4 is 16.0 Å². The third-order valence-corrected chi connectivity index (χ3v) is 3.96. The normalized spacial score (nSPS) is 22.2. The van der Waals surface area contributed by atoms with Crippen LogP contribution >= 0.6 is 12.4 Å². The number of nitrogens with one attached hydrogen (secondary N) is 1. The molecule has 2 amide bonds. The van der Waals surface area contributed by atoms with Crippen LogP contribution in [0.15, 0.2) is 18.2 Å². The zero-order valence-corrected chi connectivity index (χ0v) is 12.5. The van der Waals surface area contributed by atoms with Gasteiger partial charge in [-0.2, -0.15) is 0 Å². The Morgan fingerprint density at radius 2 is 1.91 bits per heavy atom. The second kappa shape index (κ2) is 5.81. The standard InChI is InChI=1S/C14H15F2N3O2.ClH/c15-8-2-1-3-9(16)11(8)19-7-4-10(12(19)20)18-13(21)14(17)5-6-14;/h1-3,10H,4-7,17H2,(H,18,21);1H. The highest BCUT2D eigenvalue weighted by Gasteiger charge is 2.48. The predicted molar refractivity (Wildman–Crippen MR) is 78.7 cm³/mol. The highest BCUT2D eigenvalue weighted by molar-refractivity contribution is 6.02. The van der Waals surface area contributed by atoms with E-state index in [9.17, 15) is 18.4 Å². The number of rotatable bonds is 3. The monoisotopic (exact) mass is 331 g/mol. The molecule has 0 spiro atoms. The van der Waals surface area contributed by atoms with E-state index in [2.05, 4.69) is 5.32 Å². The maximum atomic E-state index is 13.7. The molecule has 1 unspecified atom stereocenters. The van der Waals surface area contributed by atoms with Gasteiger partial charge in [0.05, 0.1) is 5.54 Å². The molecule has 1 aromatic carbocycles. The maximum absolute atomic E-state index is 13.7. The third kappa shape index (κ3) is 2.78. The second-order valence-corrected chi connectivity index (χ2v) is 5.53. The highest BCUT2D eigenvalue weighted by atomic mass is 35.5. The summed E-state index contributed by atoms with van der Waals surface area (Å²) in [6.07, 6.45) is 1.48. The van der Waals surface area contributed by atoms with Gasteiger partial charge < -0.3 is 16.0 Å². The number of amides is 2. The van der Waals surface area contributed by atoms with E-state index in [1.54, 1.807) is 0 Å². The average molecular weight is 332 g/mol. The summed E-state index contributed by atoms with van der Waals surface area (Å²) in [7, 11) is 0. The van der Waals surface area contributed by atoms with Crippen molar-refractivity contribution in [2.24, 2.45) is 5.73 Å². The number of carbonyl (C=O) groups is 2. The molecule has 5 nitrogen and oxygen atoms in total. The number of nitrogens with zero attached hydrogens (tertiary/aromatic N) is 1. The summed E-state index contributed by atoms with van der Waals surface area (Å²) in [5, 5.41) is 2.57. The molecule has 1 heterocycles. The van der Waals surface area contributed by atoms with E-state index in [0.717, 1.165) is 17.0 Å². The van der Waals surface area contributed by atoms with E-state index in [1.165, 1.54) is 6.07 Å². The minimum Gasteiger partial charge on any atom is -0.343 e. The van der Waals surface area contributed by atoms with Crippen LogP contribution in [0.1, 0.15) is 19.3 Å². The van der Waals surface area contributed by atoms with Gasteiger partial charge in [0, 0.05) is 6.54 Å². The molecule has 1 aromatic rings. The van der Waals surface area contributed by atoms with Gasteiger partial charge in [0.2, 0.25) is 11.8 Å². The zero-order valence-electron chi connectivity index (χ0n) is 11.6. The van der Waals surface area contributed by atoms with E-state index >= 15 is 0 Å². The van der Waals surface area contributed by atoms with Crippen molar-refractivity contribution in [1.82, 2.24) is 5.32 Å². The van der Waals surface area contributed by atoms with Gasteiger partial charge in [-0.05, 0) is 31.4 Å². The molecule has 1 aliphatic heterocycles. The molecule has 2 aliphatic rings. The Labute approximate surface area is 132 Å². The number of carbonyl (C=O) groups excluding carboxylic acids is 2. The Bertz CT molecular complexity index is 602. The van der Waals surface area contributed by atoms with Crippen LogP contribution in [0.2, 0.25) is 0 Å². The topological polar surface area (TPSA) is 75.4 Å². The zero-order chi connectivity index (χ0) is 15.2. The summed E-state index contributed by atoms with van der Waals surface area (Å²) in [6.45, 7) is 0.152. The summed E-state index contributed by atoms with van der Waals surface area (Å²) in [5.41, 5.74) is 4.51. The predicted octanol–water partition coefficient (Wildman–Crippen LogP) is 1.10. The molecule has 0 radical (unpaired) electrons. The van der Waals surface area contributed by atoms with E-state index in [4.69, 9.17) is 5.73 Å². The Balaban J connectivity index is 0.00000176. The van der Waals surface area contributed by atoms with Crippen molar-refractivity contribution in [2.75, 3.05) is 11.4 Å². The van der Waals surface area contributed by atoms with Gasteiger partial charge >= 0.3 is 0 Å². The van der Waals surface area contributed by atoms with Gasteiger partial charge in [-0.15, -0.1) is 12.4 Å². The molecule has 1 saturated heterocycles. The molecule has 0 bridgehead atoms. The molecule has 0 aromatic heterocycles. The maximum Gasteiger partial charge on any atom is 0.249 e. The lowest BCUT2D eigenvalue weighted by atomic mass is 10.2. The van der Waals surface area contributed by atoms with Gasteiger partial charge in [-0.25, -0.2) is 8.78 Å². The Hall–Kier alpha value is -1.73. The average Bonchev–Trinajstić information content (AvgIpc) is 3.10. The second-order valence-electron chi connectivity index (χ2n) is 5.53. The Morgan fingerprint density at radius 3 is 2.45 bits per heavy atom. The smallest absolute Gasteiger partial charge is 0.249 e. The first-order chi connectivity index (χ1) is 9.92. The fourth-order valence-corrected chi connectivity index (χ4v) is 2.45. The summed E-state index contributed by atoms with van der Waals surface area (Å²) >= 11 is 0. The number of benzene rings is 1. The van der Waals surface area contributed by atoms with Crippen LogP contribution in [0.3, 0.4) is 0 Å². The van der Waals surface area contributed by atoms with Gasteiger partial charge in [0.1, 0.15) is 23.4 Å². The molecule has 120 valence electrons. The molecule has 1 aliphatic carbocycles. The van der Waals surface area contributed by atoms with Crippen molar-refractivity contribution in [3.63, 3.8) is 0 Å². The van der Waals surface area contributed by atoms with Crippen molar-refractivity contribution in [3.05, 3.63) is 29.8 Å². The fourth-order valence-electron chi connectivity index (χ4n) is 2.45. The quantitative estimate of drug-likeness (QED) is 0.871. The van der Waals surface area contributed by atoms with Crippen molar-refractivity contribution in [1.29, 1.82) is 0 Å². The lowest BCUT2D eigenvalue weighted by Gasteiger charge is -2.19. The molecule has 8 heteroatoms. The van der Waals surface area contributed by atoms with Crippen LogP contribution in [0.4, 0.5) is 14.5 Å². The van der Waals surface area contributed by atoms with Crippen LogP contribution in [0.25, 0.3) is 0 Å². The van der Waals surface area contributed by atoms with Crippen molar-refractivity contribution in [2.45, 2.75) is 30.8 Å². The number of halogens is 3. The molecule has 3 rings (SSSR count). The van der Waals surface area contributed by atoms with E-state index in [-0.39, 0.29) is 30.5 Å². The SMILES string of the molecule is Cl.NC1(C(=O)NC2CCN(c3c(F)cccc3F)C2=O)CC1. The lowest BCUT2D eigenvalue weighted by molar-refractivity contribution is -0.127. The summed E-state index contributed by atoms with van der Waals surface area (Å²) in [6, 6.07) is 2.64. The third-order valence-electron chi connectivity index (χ3n) is 3.96.